The average molecular weight is 335 g/mol. The highest BCUT2D eigenvalue weighted by Crippen LogP contribution is 2.14. The summed E-state index contributed by atoms with van der Waals surface area (Å²) in [6.45, 7) is 0.608. The molecule has 0 radical (unpaired) electrons. The van der Waals surface area contributed by atoms with Crippen LogP contribution in [0.4, 0.5) is 5.69 Å². The van der Waals surface area contributed by atoms with Crippen molar-refractivity contribution >= 4 is 28.3 Å². The van der Waals surface area contributed by atoms with Crippen molar-refractivity contribution in [2.24, 2.45) is 0 Å². The maximum atomic E-state index is 8.92. The van der Waals surface area contributed by atoms with Crippen LogP contribution in [0.2, 0.25) is 0 Å². The molecule has 1 aromatic heterocycles. The number of nitrogens with one attached hydrogen (secondary N) is 1. The van der Waals surface area contributed by atoms with Gasteiger partial charge < -0.3 is 5.32 Å². The molecule has 0 saturated heterocycles. The third kappa shape index (κ3) is 3.17. The van der Waals surface area contributed by atoms with E-state index in [-0.39, 0.29) is 0 Å². The van der Waals surface area contributed by atoms with E-state index in [4.69, 9.17) is 5.26 Å². The maximum Gasteiger partial charge on any atom is 0.145 e. The number of halogens is 1. The van der Waals surface area contributed by atoms with Crippen LogP contribution in [0, 0.1) is 14.9 Å². The number of nitriles is 1. The summed E-state index contributed by atoms with van der Waals surface area (Å²) in [4.78, 5) is 4.02. The normalized spacial score (nSPS) is 9.65. The predicted octanol–water partition coefficient (Wildman–Crippen LogP) is 3.17. The smallest absolute Gasteiger partial charge is 0.145 e. The van der Waals surface area contributed by atoms with Gasteiger partial charge in [0.05, 0.1) is 0 Å². The summed E-state index contributed by atoms with van der Waals surface area (Å²) in [6, 6.07) is 13.9. The topological polar surface area (TPSA) is 48.7 Å². The number of pyridine rings is 1. The number of nitrogens with zero attached hydrogens (tertiary/aromatic N) is 2. The van der Waals surface area contributed by atoms with Crippen LogP contribution in [0.1, 0.15) is 11.3 Å². The van der Waals surface area contributed by atoms with Crippen molar-refractivity contribution in [1.29, 1.82) is 5.26 Å². The number of benzene rings is 1. The summed E-state index contributed by atoms with van der Waals surface area (Å²) in [5.41, 5.74) is 2.43. The molecule has 2 aromatic rings. The Balaban J connectivity index is 2.10. The van der Waals surface area contributed by atoms with Gasteiger partial charge in [0.15, 0.2) is 0 Å². The van der Waals surface area contributed by atoms with Gasteiger partial charge in [0.1, 0.15) is 11.8 Å². The quantitative estimate of drug-likeness (QED) is 0.877. The number of hydrogen-bond acceptors (Lipinski definition) is 3. The van der Waals surface area contributed by atoms with Gasteiger partial charge in [-0.25, -0.2) is 4.98 Å². The number of hydrogen-bond donors (Lipinski definition) is 1. The molecular weight excluding hydrogens is 325 g/mol. The molecule has 0 unspecified atom stereocenters. The molecule has 4 heteroatoms. The van der Waals surface area contributed by atoms with Gasteiger partial charge in [-0.2, -0.15) is 5.26 Å². The van der Waals surface area contributed by atoms with Gasteiger partial charge in [-0.1, -0.05) is 12.1 Å². The first-order chi connectivity index (χ1) is 8.29. The van der Waals surface area contributed by atoms with Crippen LogP contribution < -0.4 is 5.32 Å². The first kappa shape index (κ1) is 11.9. The molecule has 0 amide bonds. The fraction of sp³-hybridized carbons (Fsp3) is 0.0769. The van der Waals surface area contributed by atoms with E-state index >= 15 is 0 Å². The van der Waals surface area contributed by atoms with Crippen LogP contribution >= 0.6 is 22.6 Å². The Hall–Kier alpha value is -1.61. The SMILES string of the molecule is N#Cc1ncccc1CNc1cccc(I)c1. The van der Waals surface area contributed by atoms with Gasteiger partial charge in [0.25, 0.3) is 0 Å². The number of rotatable bonds is 3. The standard InChI is InChI=1S/C13H10IN3/c14-11-4-1-5-12(7-11)17-9-10-3-2-6-16-13(10)8-15/h1-7,17H,9H2. The average Bonchev–Trinajstić information content (AvgIpc) is 2.37. The molecule has 17 heavy (non-hydrogen) atoms. The summed E-state index contributed by atoms with van der Waals surface area (Å²) in [6.07, 6.45) is 1.63. The zero-order valence-corrected chi connectivity index (χ0v) is 11.2. The van der Waals surface area contributed by atoms with Crippen LogP contribution in [0.5, 0.6) is 0 Å². The second kappa shape index (κ2) is 5.64. The molecule has 0 atom stereocenters. The lowest BCUT2D eigenvalue weighted by Gasteiger charge is -2.07. The second-order valence-corrected chi connectivity index (χ2v) is 4.73. The van der Waals surface area contributed by atoms with Gasteiger partial charge >= 0.3 is 0 Å². The Morgan fingerprint density at radius 1 is 1.29 bits per heavy atom. The highest BCUT2D eigenvalue weighted by molar-refractivity contribution is 14.1. The fourth-order valence-corrected chi connectivity index (χ4v) is 2.02. The minimum Gasteiger partial charge on any atom is -0.381 e. The Morgan fingerprint density at radius 2 is 2.18 bits per heavy atom. The van der Waals surface area contributed by atoms with E-state index < -0.39 is 0 Å². The molecule has 1 heterocycles. The predicted molar refractivity (Wildman–Crippen MR) is 75.4 cm³/mol. The highest BCUT2D eigenvalue weighted by atomic mass is 127. The Kier molecular flexibility index (Phi) is 3.94. The van der Waals surface area contributed by atoms with Crippen molar-refractivity contribution in [3.05, 3.63) is 57.4 Å². The Morgan fingerprint density at radius 3 is 2.94 bits per heavy atom. The lowest BCUT2D eigenvalue weighted by atomic mass is 10.2. The summed E-state index contributed by atoms with van der Waals surface area (Å²) in [5.74, 6) is 0. The maximum absolute atomic E-state index is 8.92. The number of anilines is 1. The third-order valence-corrected chi connectivity index (χ3v) is 2.98. The van der Waals surface area contributed by atoms with Gasteiger partial charge in [0, 0.05) is 27.6 Å². The van der Waals surface area contributed by atoms with Gasteiger partial charge in [-0.3, -0.25) is 0 Å². The zero-order valence-electron chi connectivity index (χ0n) is 9.02. The van der Waals surface area contributed by atoms with Crippen molar-refractivity contribution in [3.63, 3.8) is 0 Å². The van der Waals surface area contributed by atoms with Crippen LogP contribution in [0.3, 0.4) is 0 Å². The molecule has 0 fully saturated rings. The van der Waals surface area contributed by atoms with Crippen molar-refractivity contribution in [3.8, 4) is 6.07 Å². The first-order valence-corrected chi connectivity index (χ1v) is 6.21. The summed E-state index contributed by atoms with van der Waals surface area (Å²) >= 11 is 2.27. The Labute approximate surface area is 114 Å². The molecule has 1 N–H and O–H groups in total. The van der Waals surface area contributed by atoms with Crippen LogP contribution in [-0.4, -0.2) is 4.98 Å². The first-order valence-electron chi connectivity index (χ1n) is 5.13. The molecule has 0 aliphatic rings. The molecule has 0 bridgehead atoms. The van der Waals surface area contributed by atoms with Gasteiger partial charge in [0.2, 0.25) is 0 Å². The van der Waals surface area contributed by atoms with Crippen molar-refractivity contribution < 1.29 is 0 Å². The second-order valence-electron chi connectivity index (χ2n) is 3.49. The molecular formula is C13H10IN3. The van der Waals surface area contributed by atoms with Crippen molar-refractivity contribution in [2.75, 3.05) is 5.32 Å². The minimum atomic E-state index is 0.477. The van der Waals surface area contributed by atoms with Crippen molar-refractivity contribution in [1.82, 2.24) is 4.98 Å². The molecule has 0 spiro atoms. The van der Waals surface area contributed by atoms with E-state index in [9.17, 15) is 0 Å². The van der Waals surface area contributed by atoms with Gasteiger partial charge in [-0.05, 0) is 46.9 Å². The van der Waals surface area contributed by atoms with Crippen molar-refractivity contribution in [2.45, 2.75) is 6.54 Å². The fourth-order valence-electron chi connectivity index (χ4n) is 1.48. The molecule has 0 aliphatic heterocycles. The van der Waals surface area contributed by atoms with E-state index in [0.29, 0.717) is 12.2 Å². The lowest BCUT2D eigenvalue weighted by molar-refractivity contribution is 1.09. The lowest BCUT2D eigenvalue weighted by Crippen LogP contribution is -2.02. The van der Waals surface area contributed by atoms with Crippen LogP contribution in [-0.2, 0) is 6.54 Å². The highest BCUT2D eigenvalue weighted by Gasteiger charge is 2.01. The minimum absolute atomic E-state index is 0.477. The van der Waals surface area contributed by atoms with Gasteiger partial charge in [-0.15, -0.1) is 0 Å². The molecule has 2 rings (SSSR count). The summed E-state index contributed by atoms with van der Waals surface area (Å²) in [5, 5.41) is 12.2. The zero-order chi connectivity index (χ0) is 12.1. The molecule has 84 valence electrons. The molecule has 0 saturated carbocycles. The molecule has 0 aliphatic carbocycles. The van der Waals surface area contributed by atoms with E-state index in [1.165, 1.54) is 3.57 Å². The Bertz CT molecular complexity index is 561. The summed E-state index contributed by atoms with van der Waals surface area (Å²) < 4.78 is 1.18. The molecule has 1 aromatic carbocycles. The van der Waals surface area contributed by atoms with E-state index in [0.717, 1.165) is 11.3 Å². The third-order valence-electron chi connectivity index (χ3n) is 2.30. The largest absolute Gasteiger partial charge is 0.381 e. The van der Waals surface area contributed by atoms with E-state index in [2.05, 4.69) is 45.0 Å². The monoisotopic (exact) mass is 335 g/mol. The van der Waals surface area contributed by atoms with Crippen LogP contribution in [0.25, 0.3) is 0 Å². The molecule has 3 nitrogen and oxygen atoms in total. The number of aromatic nitrogens is 1. The summed E-state index contributed by atoms with van der Waals surface area (Å²) in [7, 11) is 0. The van der Waals surface area contributed by atoms with E-state index in [1.54, 1.807) is 6.20 Å². The van der Waals surface area contributed by atoms with E-state index in [1.807, 2.05) is 30.3 Å². The van der Waals surface area contributed by atoms with Crippen LogP contribution in [0.15, 0.2) is 42.6 Å².